The number of para-hydroxylation sites is 4. The molecule has 101 heavy (non-hydrogen) atoms. The smallest absolute Gasteiger partial charge is 0.393 e. The van der Waals surface area contributed by atoms with Crippen molar-refractivity contribution in [2.24, 2.45) is 0 Å². The molecular formula is C83H80Ir2N12O2OsPt-3. The van der Waals surface area contributed by atoms with Gasteiger partial charge in [0, 0.05) is 61.3 Å². The van der Waals surface area contributed by atoms with Gasteiger partial charge >= 0.3 is 19.8 Å². The van der Waals surface area contributed by atoms with Gasteiger partial charge in [-0.05, 0) is 133 Å². The molecule has 3 radical (unpaired) electrons. The number of nitrogens with zero attached hydrogens (tertiary/aromatic N) is 12. The Morgan fingerprint density at radius 2 is 0.644 bits per heavy atom. The van der Waals surface area contributed by atoms with Crippen molar-refractivity contribution in [1.82, 2.24) is 59.1 Å². The quantitative estimate of drug-likeness (QED) is 0.113. The molecule has 10 aromatic carbocycles. The van der Waals surface area contributed by atoms with E-state index in [1.807, 2.05) is 175 Å². The van der Waals surface area contributed by atoms with Gasteiger partial charge in [-0.2, -0.15) is 20.4 Å². The molecule has 0 saturated heterocycles. The summed E-state index contributed by atoms with van der Waals surface area (Å²) in [7, 11) is 0. The van der Waals surface area contributed by atoms with Gasteiger partial charge in [-0.3, -0.25) is 19.9 Å². The third kappa shape index (κ3) is 21.7. The van der Waals surface area contributed by atoms with Crippen LogP contribution in [0.25, 0.3) is 90.6 Å². The molecule has 0 aliphatic rings. The van der Waals surface area contributed by atoms with E-state index < -0.39 is 0 Å². The van der Waals surface area contributed by atoms with E-state index in [2.05, 4.69) is 198 Å². The molecule has 0 fully saturated rings. The van der Waals surface area contributed by atoms with Gasteiger partial charge < -0.3 is 10.2 Å². The second-order valence-corrected chi connectivity index (χ2v) is 23.9. The van der Waals surface area contributed by atoms with Crippen molar-refractivity contribution >= 4 is 0 Å². The second-order valence-electron chi connectivity index (χ2n) is 23.9. The number of aryl methyl sites for hydroxylation is 10. The van der Waals surface area contributed by atoms with Crippen LogP contribution in [0.2, 0.25) is 0 Å². The summed E-state index contributed by atoms with van der Waals surface area (Å²) in [4.78, 5) is 18.4. The summed E-state index contributed by atoms with van der Waals surface area (Å²) in [5.74, 6) is 6.31. The average molecular weight is 2050 g/mol. The van der Waals surface area contributed by atoms with Crippen molar-refractivity contribution in [3.8, 4) is 90.6 Å². The minimum Gasteiger partial charge on any atom is -0.393 e. The molecule has 2 atom stereocenters. The van der Waals surface area contributed by atoms with Crippen molar-refractivity contribution in [3.05, 3.63) is 311 Å². The van der Waals surface area contributed by atoms with E-state index in [0.717, 1.165) is 90.8 Å². The fourth-order valence-corrected chi connectivity index (χ4v) is 11.0. The summed E-state index contributed by atoms with van der Waals surface area (Å²) in [6.07, 6.45) is -0.278. The Balaban J connectivity index is 0.000000204. The van der Waals surface area contributed by atoms with Gasteiger partial charge in [0.15, 0.2) is 0 Å². The molecule has 14 rings (SSSR count). The van der Waals surface area contributed by atoms with Crippen LogP contribution in [0, 0.1) is 93.5 Å². The zero-order valence-electron chi connectivity index (χ0n) is 58.4. The van der Waals surface area contributed by atoms with E-state index in [-0.39, 0.29) is 93.3 Å². The van der Waals surface area contributed by atoms with Crippen LogP contribution in [0.3, 0.4) is 0 Å². The summed E-state index contributed by atoms with van der Waals surface area (Å²) in [6.45, 7) is 23.7. The van der Waals surface area contributed by atoms with Crippen LogP contribution >= 0.6 is 0 Å². The Bertz CT molecular complexity index is 4710. The average Bonchev–Trinajstić information content (AvgIpc) is 1.69. The summed E-state index contributed by atoms with van der Waals surface area (Å²) >= 11 is 0. The molecule has 0 aliphatic heterocycles. The number of rotatable bonds is 12. The van der Waals surface area contributed by atoms with Crippen LogP contribution in [0.15, 0.2) is 231 Å². The first-order chi connectivity index (χ1) is 46.9. The van der Waals surface area contributed by atoms with E-state index in [9.17, 15) is 0 Å². The predicted octanol–water partition coefficient (Wildman–Crippen LogP) is 17.5. The maximum atomic E-state index is 8.56. The Morgan fingerprint density at radius 1 is 0.337 bits per heavy atom. The number of hydrogen-bond acceptors (Lipinski definition) is 10. The standard InChI is InChI=1S/2C22H18N3.C18H18N3.C16H14N3.C5H12O2.2Ir.Os.Pt/c2*1-16-9-6-7-14-21(16)25-17(2)23-22(24-25)20-13-8-12-19(15-20)18-10-4-3-5-11-18;1-12-9-13(2)11-16(10-12)18-19-15(4)21(20-18)17-8-6-5-7-14(17)3;1-12-8-6-7-11-15(12)19-13(2)17-16(18-19)14-9-4-3-5-10-14;1-4(6)3-5(2)7;;;;/h2*3-12,14-15H,1-2H3;5-10H,1-4H3;3-9,11H,1-2H3;4-7H,3H2,1-2H3;;;;/q4*-1;;;;+1;. The molecule has 0 aliphatic carbocycles. The Morgan fingerprint density at radius 3 is 0.950 bits per heavy atom. The fourth-order valence-electron chi connectivity index (χ4n) is 11.0. The Kier molecular flexibility index (Phi) is 31.3. The van der Waals surface area contributed by atoms with Crippen LogP contribution in [-0.4, -0.2) is 81.5 Å². The van der Waals surface area contributed by atoms with Crippen molar-refractivity contribution in [3.63, 3.8) is 0 Å². The largest absolute Gasteiger partial charge is 1.00 e. The first-order valence-electron chi connectivity index (χ1n) is 32.3. The number of aliphatic hydroxyl groups excluding tert-OH is 2. The first kappa shape index (κ1) is 81.3. The predicted molar refractivity (Wildman–Crippen MR) is 389 cm³/mol. The van der Waals surface area contributed by atoms with Crippen LogP contribution in [-0.2, 0) is 81.1 Å². The number of hydrogen-bond donors (Lipinski definition) is 2. The van der Waals surface area contributed by atoms with Crippen molar-refractivity contribution in [2.45, 2.75) is 102 Å². The van der Waals surface area contributed by atoms with E-state index in [1.165, 1.54) is 38.9 Å². The Labute approximate surface area is 648 Å². The Hall–Kier alpha value is -8.70. The number of aromatic nitrogens is 12. The third-order valence-electron chi connectivity index (χ3n) is 15.8. The van der Waals surface area contributed by atoms with Crippen molar-refractivity contribution in [2.75, 3.05) is 0 Å². The molecule has 2 N–H and O–H groups in total. The molecule has 0 saturated carbocycles. The van der Waals surface area contributed by atoms with Crippen LogP contribution in [0.1, 0.15) is 76.9 Å². The minimum absolute atomic E-state index is 0. The summed E-state index contributed by atoms with van der Waals surface area (Å²) in [5, 5.41) is 35.8. The van der Waals surface area contributed by atoms with Gasteiger partial charge in [-0.1, -0.05) is 147 Å². The van der Waals surface area contributed by atoms with Crippen LogP contribution in [0.5, 0.6) is 0 Å². The monoisotopic (exact) mass is 2050 g/mol. The maximum Gasteiger partial charge on any atom is 1.00 e. The molecule has 4 heterocycles. The van der Waals surface area contributed by atoms with Gasteiger partial charge in [0.1, 0.15) is 23.3 Å². The van der Waals surface area contributed by atoms with Crippen LogP contribution < -0.4 is 0 Å². The molecule has 0 amide bonds. The fraction of sp³-hybridized carbons (Fsp3) is 0.181. The zero-order valence-corrected chi connectivity index (χ0v) is 68.0. The van der Waals surface area contributed by atoms with E-state index in [0.29, 0.717) is 23.9 Å². The topological polar surface area (TPSA) is 163 Å². The SMILES string of the molecule is CC(O)CC(C)O.Cc1[c-]c(-c2nc(C)n(-c3ccccc3C)n2)cc(C)c1.Cc1ccccc1-n1nc(-c2[c-]ccc(-c3ccccc3)c2)nc1C.Cc1ccccc1-n1nc(-c2[c-]ccc(-c3ccccc3)c2)nc1C.Cc1ccccc1-n1nc(-c2[c-]cccc2)nc1C.[Ir].[Ir].[Os+].[Pt]. The van der Waals surface area contributed by atoms with Gasteiger partial charge in [-0.15, -0.1) is 142 Å². The normalized spacial score (nSPS) is 10.9. The van der Waals surface area contributed by atoms with Crippen LogP contribution in [0.4, 0.5) is 0 Å². The third-order valence-corrected chi connectivity index (χ3v) is 15.8. The number of aliphatic hydroxyl groups is 2. The van der Waals surface area contributed by atoms with Crippen molar-refractivity contribution < 1.29 is 91.3 Å². The number of benzene rings is 10. The summed E-state index contributed by atoms with van der Waals surface area (Å²) in [6, 6.07) is 90.5. The molecule has 0 spiro atoms. The zero-order chi connectivity index (χ0) is 68.5. The molecular weight excluding hydrogens is 1970 g/mol. The van der Waals surface area contributed by atoms with E-state index in [4.69, 9.17) is 20.4 Å². The molecule has 14 aromatic rings. The molecule has 18 heteroatoms. The first-order valence-corrected chi connectivity index (χ1v) is 32.3. The molecule has 0 bridgehead atoms. The maximum absolute atomic E-state index is 8.56. The molecule has 523 valence electrons. The van der Waals surface area contributed by atoms with E-state index >= 15 is 0 Å². The van der Waals surface area contributed by atoms with Crippen molar-refractivity contribution in [1.29, 1.82) is 0 Å². The molecule has 14 nitrogen and oxygen atoms in total. The minimum atomic E-state index is -0.375. The second kappa shape index (κ2) is 38.9. The van der Waals surface area contributed by atoms with Gasteiger partial charge in [0.05, 0.1) is 58.3 Å². The summed E-state index contributed by atoms with van der Waals surface area (Å²) < 4.78 is 7.57. The summed E-state index contributed by atoms with van der Waals surface area (Å²) in [5.41, 5.74) is 19.5. The molecule has 2 unspecified atom stereocenters. The molecule has 4 aromatic heterocycles. The van der Waals surface area contributed by atoms with Gasteiger partial charge in [-0.25, -0.2) is 18.7 Å². The van der Waals surface area contributed by atoms with E-state index in [1.54, 1.807) is 13.8 Å². The van der Waals surface area contributed by atoms with Gasteiger partial charge in [0.25, 0.3) is 0 Å². The van der Waals surface area contributed by atoms with Gasteiger partial charge in [0.2, 0.25) is 0 Å².